The first-order valence-corrected chi connectivity index (χ1v) is 8.47. The van der Waals surface area contributed by atoms with Crippen molar-refractivity contribution in [1.82, 2.24) is 10.0 Å². The maximum Gasteiger partial charge on any atom is 0.261 e. The molecule has 8 heteroatoms. The number of sulfonamides is 1. The van der Waals surface area contributed by atoms with Crippen LogP contribution in [0.1, 0.15) is 20.1 Å². The molecule has 1 heterocycles. The van der Waals surface area contributed by atoms with E-state index in [2.05, 4.69) is 21.9 Å². The molecule has 0 fully saturated rings. The van der Waals surface area contributed by atoms with Crippen LogP contribution in [0, 0.1) is 18.8 Å². The summed E-state index contributed by atoms with van der Waals surface area (Å²) in [6.07, 6.45) is 1.06. The van der Waals surface area contributed by atoms with Gasteiger partial charge in [-0.05, 0) is 18.6 Å². The van der Waals surface area contributed by atoms with Gasteiger partial charge in [0.25, 0.3) is 5.91 Å². The molecule has 20 heavy (non-hydrogen) atoms. The second-order valence-electron chi connectivity index (χ2n) is 4.01. The number of hydrogen-bond acceptors (Lipinski definition) is 5. The number of nitrogens with one attached hydrogen (secondary N) is 2. The fraction of sp³-hybridized carbons (Fsp3) is 0.417. The highest BCUT2D eigenvalue weighted by atomic mass is 32.2. The SMILES string of the molecule is Cc1cc(C(=O)NCCNS(C)(=O)=O)sc1C#CCO. The van der Waals surface area contributed by atoms with Crippen LogP contribution in [0.5, 0.6) is 0 Å². The molecule has 0 spiro atoms. The average molecular weight is 316 g/mol. The monoisotopic (exact) mass is 316 g/mol. The predicted octanol–water partition coefficient (Wildman–Crippen LogP) is -0.321. The van der Waals surface area contributed by atoms with Crippen LogP contribution >= 0.6 is 11.3 Å². The van der Waals surface area contributed by atoms with Gasteiger partial charge < -0.3 is 10.4 Å². The van der Waals surface area contributed by atoms with Crippen molar-refractivity contribution >= 4 is 27.3 Å². The van der Waals surface area contributed by atoms with E-state index in [1.807, 2.05) is 6.92 Å². The molecular formula is C12H16N2O4S2. The predicted molar refractivity (Wildman–Crippen MR) is 78.2 cm³/mol. The van der Waals surface area contributed by atoms with Crippen molar-refractivity contribution in [3.05, 3.63) is 21.4 Å². The van der Waals surface area contributed by atoms with Crippen molar-refractivity contribution in [3.63, 3.8) is 0 Å². The molecule has 0 unspecified atom stereocenters. The van der Waals surface area contributed by atoms with Gasteiger partial charge in [-0.1, -0.05) is 11.8 Å². The molecule has 6 nitrogen and oxygen atoms in total. The highest BCUT2D eigenvalue weighted by molar-refractivity contribution is 7.88. The Bertz CT molecular complexity index is 638. The molecule has 1 rings (SSSR count). The summed E-state index contributed by atoms with van der Waals surface area (Å²) in [5, 5.41) is 11.3. The highest BCUT2D eigenvalue weighted by Gasteiger charge is 2.11. The first-order chi connectivity index (χ1) is 9.33. The van der Waals surface area contributed by atoms with Crippen LogP contribution in [0.25, 0.3) is 0 Å². The Morgan fingerprint density at radius 3 is 2.75 bits per heavy atom. The summed E-state index contributed by atoms with van der Waals surface area (Å²) < 4.78 is 24.0. The van der Waals surface area contributed by atoms with Gasteiger partial charge >= 0.3 is 0 Å². The largest absolute Gasteiger partial charge is 0.384 e. The topological polar surface area (TPSA) is 95.5 Å². The van der Waals surface area contributed by atoms with E-state index in [-0.39, 0.29) is 25.6 Å². The number of carbonyl (C=O) groups excluding carboxylic acids is 1. The number of rotatable bonds is 5. The second kappa shape index (κ2) is 7.40. The average Bonchev–Trinajstić information content (AvgIpc) is 2.72. The van der Waals surface area contributed by atoms with Gasteiger partial charge in [-0.25, -0.2) is 13.1 Å². The van der Waals surface area contributed by atoms with Gasteiger partial charge in [0.1, 0.15) is 6.61 Å². The maximum atomic E-state index is 11.8. The molecule has 0 saturated heterocycles. The third-order valence-electron chi connectivity index (χ3n) is 2.20. The molecule has 3 N–H and O–H groups in total. The minimum atomic E-state index is -3.24. The summed E-state index contributed by atoms with van der Waals surface area (Å²) in [4.78, 5) is 13.1. The van der Waals surface area contributed by atoms with E-state index in [0.717, 1.165) is 16.7 Å². The van der Waals surface area contributed by atoms with Crippen molar-refractivity contribution < 1.29 is 18.3 Å². The molecule has 0 aliphatic carbocycles. The van der Waals surface area contributed by atoms with E-state index in [9.17, 15) is 13.2 Å². The van der Waals surface area contributed by atoms with Gasteiger partial charge in [0, 0.05) is 13.1 Å². The molecule has 0 atom stereocenters. The van der Waals surface area contributed by atoms with Crippen LogP contribution < -0.4 is 10.0 Å². The van der Waals surface area contributed by atoms with E-state index in [1.165, 1.54) is 11.3 Å². The van der Waals surface area contributed by atoms with Crippen LogP contribution in [-0.2, 0) is 10.0 Å². The van der Waals surface area contributed by atoms with Crippen molar-refractivity contribution in [3.8, 4) is 11.8 Å². The summed E-state index contributed by atoms with van der Waals surface area (Å²) in [6.45, 7) is 1.96. The minimum Gasteiger partial charge on any atom is -0.384 e. The Morgan fingerprint density at radius 2 is 2.15 bits per heavy atom. The molecule has 1 aromatic heterocycles. The molecule has 0 bridgehead atoms. The van der Waals surface area contributed by atoms with Gasteiger partial charge in [-0.3, -0.25) is 4.79 Å². The van der Waals surface area contributed by atoms with Crippen LogP contribution in [0.15, 0.2) is 6.07 Å². The molecule has 1 aromatic rings. The van der Waals surface area contributed by atoms with Gasteiger partial charge in [0.2, 0.25) is 10.0 Å². The Labute approximate surface area is 122 Å². The Morgan fingerprint density at radius 1 is 1.45 bits per heavy atom. The molecule has 0 aliphatic rings. The summed E-state index contributed by atoms with van der Waals surface area (Å²) in [5.41, 5.74) is 0.871. The zero-order chi connectivity index (χ0) is 15.2. The summed E-state index contributed by atoms with van der Waals surface area (Å²) in [6, 6.07) is 1.71. The van der Waals surface area contributed by atoms with Crippen molar-refractivity contribution in [2.24, 2.45) is 0 Å². The Balaban J connectivity index is 2.56. The van der Waals surface area contributed by atoms with Crippen molar-refractivity contribution in [2.75, 3.05) is 26.0 Å². The zero-order valence-electron chi connectivity index (χ0n) is 11.2. The van der Waals surface area contributed by atoms with Crippen molar-refractivity contribution in [2.45, 2.75) is 6.92 Å². The molecule has 1 amide bonds. The summed E-state index contributed by atoms with van der Waals surface area (Å²) >= 11 is 1.24. The number of hydrogen-bond donors (Lipinski definition) is 3. The standard InChI is InChI=1S/C12H16N2O4S2/c1-9-8-11(19-10(9)4-3-7-15)12(16)13-5-6-14-20(2,17)18/h8,14-15H,5-7H2,1-2H3,(H,13,16). The summed E-state index contributed by atoms with van der Waals surface area (Å²) in [7, 11) is -3.24. The molecule has 0 aliphatic heterocycles. The second-order valence-corrected chi connectivity index (χ2v) is 6.89. The summed E-state index contributed by atoms with van der Waals surface area (Å²) in [5.74, 6) is 5.03. The lowest BCUT2D eigenvalue weighted by atomic mass is 10.2. The molecule has 0 radical (unpaired) electrons. The quantitative estimate of drug-likeness (QED) is 0.512. The van der Waals surface area contributed by atoms with Gasteiger partial charge in [0.15, 0.2) is 0 Å². The van der Waals surface area contributed by atoms with Crippen LogP contribution in [-0.4, -0.2) is 45.4 Å². The van der Waals surface area contributed by atoms with Crippen molar-refractivity contribution in [1.29, 1.82) is 0 Å². The Kier molecular flexibility index (Phi) is 6.16. The minimum absolute atomic E-state index is 0.145. The highest BCUT2D eigenvalue weighted by Crippen LogP contribution is 2.20. The van der Waals surface area contributed by atoms with Crippen LogP contribution in [0.3, 0.4) is 0 Å². The number of carbonyl (C=O) groups is 1. The van der Waals surface area contributed by atoms with Gasteiger partial charge in [-0.15, -0.1) is 11.3 Å². The maximum absolute atomic E-state index is 11.8. The smallest absolute Gasteiger partial charge is 0.261 e. The third kappa shape index (κ3) is 5.71. The number of aryl methyl sites for hydroxylation is 1. The van der Waals surface area contributed by atoms with Gasteiger partial charge in [0.05, 0.1) is 16.0 Å². The number of aliphatic hydroxyl groups is 1. The number of aliphatic hydroxyl groups excluding tert-OH is 1. The third-order valence-corrected chi connectivity index (χ3v) is 4.08. The van der Waals surface area contributed by atoms with E-state index in [1.54, 1.807) is 6.07 Å². The van der Waals surface area contributed by atoms with E-state index < -0.39 is 10.0 Å². The van der Waals surface area contributed by atoms with E-state index >= 15 is 0 Å². The fourth-order valence-corrected chi connectivity index (χ4v) is 2.77. The van der Waals surface area contributed by atoms with Crippen LogP contribution in [0.2, 0.25) is 0 Å². The molecular weight excluding hydrogens is 300 g/mol. The number of amides is 1. The number of thiophene rings is 1. The molecule has 0 saturated carbocycles. The first-order valence-electron chi connectivity index (χ1n) is 5.76. The molecule has 0 aromatic carbocycles. The zero-order valence-corrected chi connectivity index (χ0v) is 12.8. The Hall–Kier alpha value is -1.40. The van der Waals surface area contributed by atoms with Crippen LogP contribution in [0.4, 0.5) is 0 Å². The lowest BCUT2D eigenvalue weighted by molar-refractivity contribution is 0.0958. The van der Waals surface area contributed by atoms with Gasteiger partial charge in [-0.2, -0.15) is 0 Å². The normalized spacial score (nSPS) is 10.8. The first kappa shape index (κ1) is 16.7. The van der Waals surface area contributed by atoms with E-state index in [4.69, 9.17) is 5.11 Å². The lowest BCUT2D eigenvalue weighted by Crippen LogP contribution is -2.33. The molecule has 110 valence electrons. The lowest BCUT2D eigenvalue weighted by Gasteiger charge is -2.03. The fourth-order valence-electron chi connectivity index (χ4n) is 1.34. The van der Waals surface area contributed by atoms with E-state index in [0.29, 0.717) is 4.88 Å².